The number of hydrogen-bond acceptors (Lipinski definition) is 5. The minimum atomic E-state index is -1.96. The number of rotatable bonds is 12. The maximum atomic E-state index is 12.3. The molecule has 6 nitrogen and oxygen atoms in total. The summed E-state index contributed by atoms with van der Waals surface area (Å²) in [5, 5.41) is 0. The molecule has 0 spiro atoms. The van der Waals surface area contributed by atoms with Crippen molar-refractivity contribution in [2.24, 2.45) is 0 Å². The van der Waals surface area contributed by atoms with Crippen LogP contribution < -0.4 is 0 Å². The van der Waals surface area contributed by atoms with E-state index in [1.165, 1.54) is 7.11 Å². The van der Waals surface area contributed by atoms with Gasteiger partial charge in [-0.1, -0.05) is 46.2 Å². The van der Waals surface area contributed by atoms with Crippen LogP contribution in [0.25, 0.3) is 0 Å². The van der Waals surface area contributed by atoms with E-state index in [9.17, 15) is 9.59 Å². The Morgan fingerprint density at radius 2 is 1.81 bits per heavy atom. The largest absolute Gasteiger partial charge is 0.465 e. The van der Waals surface area contributed by atoms with Crippen LogP contribution in [-0.2, 0) is 13.9 Å². The minimum absolute atomic E-state index is 0.00740. The van der Waals surface area contributed by atoms with Gasteiger partial charge in [0.2, 0.25) is 0 Å². The van der Waals surface area contributed by atoms with Gasteiger partial charge < -0.3 is 13.9 Å². The van der Waals surface area contributed by atoms with E-state index in [1.54, 1.807) is 17.0 Å². The third kappa shape index (κ3) is 6.22. The molecule has 0 saturated carbocycles. The van der Waals surface area contributed by atoms with Gasteiger partial charge in [0.15, 0.2) is 8.32 Å². The highest BCUT2D eigenvalue weighted by Gasteiger charge is 2.35. The van der Waals surface area contributed by atoms with Gasteiger partial charge in [-0.25, -0.2) is 9.59 Å². The average Bonchev–Trinajstić information content (AvgIpc) is 3.14. The van der Waals surface area contributed by atoms with Crippen molar-refractivity contribution in [2.75, 3.05) is 13.7 Å². The highest BCUT2D eigenvalue weighted by Crippen LogP contribution is 2.37. The van der Waals surface area contributed by atoms with Crippen LogP contribution in [0.15, 0.2) is 36.0 Å². The van der Waals surface area contributed by atoms with E-state index in [1.807, 2.05) is 25.3 Å². The van der Waals surface area contributed by atoms with E-state index in [2.05, 4.69) is 27.7 Å². The first-order valence-electron chi connectivity index (χ1n) is 11.9. The van der Waals surface area contributed by atoms with Crippen molar-refractivity contribution < 1.29 is 23.5 Å². The molecule has 0 aliphatic carbocycles. The number of carbonyl (C=O) groups excluding carboxylic acids is 2. The third-order valence-electron chi connectivity index (χ3n) is 6.53. The van der Waals surface area contributed by atoms with Crippen molar-refractivity contribution in [1.82, 2.24) is 4.90 Å². The summed E-state index contributed by atoms with van der Waals surface area (Å²) < 4.78 is 17.1. The topological polar surface area (TPSA) is 65.1 Å². The smallest absolute Gasteiger partial charge is 0.414 e. The third-order valence-corrected chi connectivity index (χ3v) is 11.1. The van der Waals surface area contributed by atoms with Gasteiger partial charge in [0.25, 0.3) is 0 Å². The molecule has 2 rings (SSSR count). The van der Waals surface area contributed by atoms with Crippen molar-refractivity contribution in [3.05, 3.63) is 47.2 Å². The quantitative estimate of drug-likeness (QED) is 0.264. The molecule has 1 fully saturated rings. The zero-order valence-corrected chi connectivity index (χ0v) is 21.5. The summed E-state index contributed by atoms with van der Waals surface area (Å²) in [6, 6.07) is 10.5. The Hall–Kier alpha value is -2.12. The van der Waals surface area contributed by atoms with E-state index in [0.717, 1.165) is 48.5 Å². The molecular formula is C25H39NO5Si. The van der Waals surface area contributed by atoms with Crippen LogP contribution in [0.1, 0.15) is 75.9 Å². The lowest BCUT2D eigenvalue weighted by molar-refractivity contribution is 0.0600. The second-order valence-corrected chi connectivity index (χ2v) is 13.2. The number of unbranched alkanes of at least 4 members (excludes halogenated alkanes) is 1. The average molecular weight is 462 g/mol. The first kappa shape index (κ1) is 26.1. The summed E-state index contributed by atoms with van der Waals surface area (Å²) >= 11 is 0. The first-order chi connectivity index (χ1) is 15.3. The number of ether oxygens (including phenoxy) is 2. The molecule has 1 aromatic rings. The second kappa shape index (κ2) is 12.2. The molecule has 0 radical (unpaired) electrons. The number of cyclic esters (lactones) is 1. The van der Waals surface area contributed by atoms with Crippen molar-refractivity contribution >= 4 is 20.4 Å². The zero-order chi connectivity index (χ0) is 23.7. The molecule has 1 saturated heterocycles. The Bertz CT molecular complexity index is 780. The Morgan fingerprint density at radius 1 is 1.19 bits per heavy atom. The predicted molar refractivity (Wildman–Crippen MR) is 129 cm³/mol. The highest BCUT2D eigenvalue weighted by atomic mass is 28.4. The van der Waals surface area contributed by atoms with E-state index in [0.29, 0.717) is 12.2 Å². The van der Waals surface area contributed by atoms with Crippen molar-refractivity contribution in [3.63, 3.8) is 0 Å². The lowest BCUT2D eigenvalue weighted by Crippen LogP contribution is -2.38. The molecule has 178 valence electrons. The number of hydrogen-bond donors (Lipinski definition) is 0. The monoisotopic (exact) mass is 461 g/mol. The van der Waals surface area contributed by atoms with Crippen LogP contribution in [0.2, 0.25) is 18.1 Å². The summed E-state index contributed by atoms with van der Waals surface area (Å²) in [6.07, 6.45) is 4.26. The molecule has 1 amide bonds. The molecule has 1 aliphatic rings. The lowest BCUT2D eigenvalue weighted by atomic mass is 9.96. The standard InChI is InChI=1S/C25H39NO5Si/c1-7-11-12-22(17-26-19(5)18-30-25(26)28)23(31-32(8-2,9-3)10-4)20-13-15-21(16-14-20)24(27)29-6/h13-17,19,23H,7-12,18H2,1-6H3/b22-17+/t19-,23-/m0/s1. The molecule has 2 atom stereocenters. The van der Waals surface area contributed by atoms with Crippen molar-refractivity contribution in [1.29, 1.82) is 0 Å². The van der Waals surface area contributed by atoms with Crippen LogP contribution in [-0.4, -0.2) is 45.0 Å². The SMILES string of the molecule is CCCC/C(=C\N1C(=O)OC[C@@H]1C)[C@@H](O[Si](CC)(CC)CC)c1ccc(C(=O)OC)cc1. The van der Waals surface area contributed by atoms with E-state index < -0.39 is 8.32 Å². The summed E-state index contributed by atoms with van der Waals surface area (Å²) in [5.74, 6) is -0.358. The van der Waals surface area contributed by atoms with Gasteiger partial charge in [0.05, 0.1) is 24.8 Å². The van der Waals surface area contributed by atoms with Crippen LogP contribution in [0.3, 0.4) is 0 Å². The van der Waals surface area contributed by atoms with E-state index >= 15 is 0 Å². The van der Waals surface area contributed by atoms with Crippen molar-refractivity contribution in [2.45, 2.75) is 84.2 Å². The number of benzene rings is 1. The zero-order valence-electron chi connectivity index (χ0n) is 20.5. The van der Waals surface area contributed by atoms with Crippen LogP contribution in [0, 0.1) is 0 Å². The van der Waals surface area contributed by atoms with Crippen molar-refractivity contribution in [3.8, 4) is 0 Å². The Morgan fingerprint density at radius 3 is 2.28 bits per heavy atom. The van der Waals surface area contributed by atoms with Gasteiger partial charge in [-0.3, -0.25) is 4.90 Å². The molecule has 1 aliphatic heterocycles. The molecule has 1 heterocycles. The normalized spacial score (nSPS) is 17.9. The number of amides is 1. The van der Waals surface area contributed by atoms with Gasteiger partial charge in [-0.15, -0.1) is 0 Å². The summed E-state index contributed by atoms with van der Waals surface area (Å²) in [7, 11) is -0.582. The molecule has 7 heteroatoms. The predicted octanol–water partition coefficient (Wildman–Crippen LogP) is 6.45. The molecule has 0 aromatic heterocycles. The lowest BCUT2D eigenvalue weighted by Gasteiger charge is -2.35. The van der Waals surface area contributed by atoms with Gasteiger partial charge in [0.1, 0.15) is 6.61 Å². The van der Waals surface area contributed by atoms with E-state index in [-0.39, 0.29) is 24.2 Å². The Kier molecular flexibility index (Phi) is 9.97. The highest BCUT2D eigenvalue weighted by molar-refractivity contribution is 6.73. The number of nitrogens with zero attached hydrogens (tertiary/aromatic N) is 1. The molecule has 0 unspecified atom stereocenters. The fourth-order valence-electron chi connectivity index (χ4n) is 4.05. The van der Waals surface area contributed by atoms with Crippen LogP contribution in [0.5, 0.6) is 0 Å². The van der Waals surface area contributed by atoms with Crippen LogP contribution in [0.4, 0.5) is 4.79 Å². The molecular weight excluding hydrogens is 422 g/mol. The number of esters is 1. The van der Waals surface area contributed by atoms with E-state index in [4.69, 9.17) is 13.9 Å². The fourth-order valence-corrected chi connectivity index (χ4v) is 6.84. The summed E-state index contributed by atoms with van der Waals surface area (Å²) in [6.45, 7) is 11.2. The molecule has 0 bridgehead atoms. The number of carbonyl (C=O) groups is 2. The van der Waals surface area contributed by atoms with Crippen LogP contribution >= 0.6 is 0 Å². The Balaban J connectivity index is 2.54. The summed E-state index contributed by atoms with van der Waals surface area (Å²) in [5.41, 5.74) is 2.58. The van der Waals surface area contributed by atoms with Gasteiger partial charge >= 0.3 is 12.1 Å². The molecule has 32 heavy (non-hydrogen) atoms. The second-order valence-electron chi connectivity index (χ2n) is 8.50. The Labute approximate surface area is 194 Å². The maximum Gasteiger partial charge on any atom is 0.414 e. The fraction of sp³-hybridized carbons (Fsp3) is 0.600. The first-order valence-corrected chi connectivity index (χ1v) is 14.4. The summed E-state index contributed by atoms with van der Waals surface area (Å²) in [4.78, 5) is 26.0. The molecule has 0 N–H and O–H groups in total. The minimum Gasteiger partial charge on any atom is -0.465 e. The molecule has 1 aromatic carbocycles. The van der Waals surface area contributed by atoms with Gasteiger partial charge in [-0.05, 0) is 61.2 Å². The number of methoxy groups -OCH3 is 1. The van der Waals surface area contributed by atoms with Gasteiger partial charge in [0, 0.05) is 6.20 Å². The van der Waals surface area contributed by atoms with Gasteiger partial charge in [-0.2, -0.15) is 0 Å². The maximum absolute atomic E-state index is 12.3.